The van der Waals surface area contributed by atoms with Crippen LogP contribution in [0.4, 0.5) is 10.1 Å². The van der Waals surface area contributed by atoms with Crippen LogP contribution in [0.2, 0.25) is 10.0 Å². The van der Waals surface area contributed by atoms with E-state index in [0.29, 0.717) is 74.1 Å². The number of rotatable bonds is 10. The Morgan fingerprint density at radius 2 is 1.82 bits per heavy atom. The molecule has 2 unspecified atom stereocenters. The van der Waals surface area contributed by atoms with Crippen LogP contribution < -0.4 is 10.2 Å². The molecule has 7 nitrogen and oxygen atoms in total. The molecule has 2 aliphatic heterocycles. The van der Waals surface area contributed by atoms with Crippen LogP contribution in [0.25, 0.3) is 0 Å². The molecule has 2 heterocycles. The van der Waals surface area contributed by atoms with E-state index in [1.807, 2.05) is 26.8 Å². The minimum Gasteiger partial charge on any atom is -0.371 e. The topological polar surface area (TPSA) is 76.1 Å². The standard InChI is InChI=1S/C30H39Cl2FN4O3/c1-4-34-30(40,19-20(2)3)24-18-23(33)9-10-26(24)35-12-14-36(15-13-35)29(39)27(37-11-5-6-28(37)38)16-21-7-8-22(31)17-25(21)32/h7-10,17-18,20,27,34,40H,4-6,11-16,19H2,1-3H3. The Morgan fingerprint density at radius 1 is 1.10 bits per heavy atom. The van der Waals surface area contributed by atoms with Crippen molar-refractivity contribution < 1.29 is 19.1 Å². The number of hydrogen-bond donors (Lipinski definition) is 2. The van der Waals surface area contributed by atoms with Crippen molar-refractivity contribution >= 4 is 40.7 Å². The summed E-state index contributed by atoms with van der Waals surface area (Å²) in [6.45, 7) is 8.90. The predicted molar refractivity (Wildman–Crippen MR) is 157 cm³/mol. The number of nitrogens with one attached hydrogen (secondary N) is 1. The smallest absolute Gasteiger partial charge is 0.245 e. The Labute approximate surface area is 246 Å². The number of hydrogen-bond acceptors (Lipinski definition) is 5. The van der Waals surface area contributed by atoms with E-state index in [2.05, 4.69) is 10.2 Å². The lowest BCUT2D eigenvalue weighted by molar-refractivity contribution is -0.143. The van der Waals surface area contributed by atoms with E-state index >= 15 is 0 Å². The molecule has 2 N–H and O–H groups in total. The van der Waals surface area contributed by atoms with Gasteiger partial charge in [0.2, 0.25) is 11.8 Å². The molecule has 2 aromatic carbocycles. The Hall–Kier alpha value is -2.39. The van der Waals surface area contributed by atoms with E-state index in [9.17, 15) is 19.1 Å². The normalized spacial score (nSPS) is 18.4. The molecule has 0 radical (unpaired) electrons. The Balaban J connectivity index is 1.54. The molecule has 2 atom stereocenters. The molecule has 2 amide bonds. The lowest BCUT2D eigenvalue weighted by Gasteiger charge is -2.41. The highest BCUT2D eigenvalue weighted by atomic mass is 35.5. The molecule has 0 aliphatic carbocycles. The van der Waals surface area contributed by atoms with Crippen molar-refractivity contribution in [1.29, 1.82) is 0 Å². The fourth-order valence-electron chi connectivity index (χ4n) is 5.88. The van der Waals surface area contributed by atoms with Crippen LogP contribution in [-0.2, 0) is 21.7 Å². The number of nitrogens with zero attached hydrogens (tertiary/aromatic N) is 3. The van der Waals surface area contributed by atoms with E-state index in [1.165, 1.54) is 12.1 Å². The van der Waals surface area contributed by atoms with E-state index < -0.39 is 17.6 Å². The van der Waals surface area contributed by atoms with E-state index in [0.717, 1.165) is 17.7 Å². The first kappa shape index (κ1) is 30.6. The highest BCUT2D eigenvalue weighted by Gasteiger charge is 2.38. The van der Waals surface area contributed by atoms with E-state index in [1.54, 1.807) is 28.0 Å². The lowest BCUT2D eigenvalue weighted by Crippen LogP contribution is -2.56. The maximum absolute atomic E-state index is 14.4. The molecular formula is C30H39Cl2FN4O3. The summed E-state index contributed by atoms with van der Waals surface area (Å²) in [6, 6.07) is 9.07. The average Bonchev–Trinajstić information content (AvgIpc) is 3.33. The van der Waals surface area contributed by atoms with Gasteiger partial charge in [-0.05, 0) is 61.2 Å². The minimum absolute atomic E-state index is 0.0223. The van der Waals surface area contributed by atoms with Crippen LogP contribution in [0.3, 0.4) is 0 Å². The van der Waals surface area contributed by atoms with Crippen molar-refractivity contribution in [2.24, 2.45) is 5.92 Å². The monoisotopic (exact) mass is 592 g/mol. The highest BCUT2D eigenvalue weighted by Crippen LogP contribution is 2.35. The fraction of sp³-hybridized carbons (Fsp3) is 0.533. The minimum atomic E-state index is -1.38. The largest absolute Gasteiger partial charge is 0.371 e. The molecule has 2 saturated heterocycles. The number of amides is 2. The van der Waals surface area contributed by atoms with E-state index in [4.69, 9.17) is 23.2 Å². The van der Waals surface area contributed by atoms with Crippen LogP contribution in [0.15, 0.2) is 36.4 Å². The zero-order valence-corrected chi connectivity index (χ0v) is 24.9. The number of anilines is 1. The third-order valence-corrected chi connectivity index (χ3v) is 8.30. The molecule has 10 heteroatoms. The van der Waals surface area contributed by atoms with Crippen LogP contribution in [0.5, 0.6) is 0 Å². The summed E-state index contributed by atoms with van der Waals surface area (Å²) in [6.07, 6.45) is 1.90. The van der Waals surface area contributed by atoms with Gasteiger partial charge in [-0.15, -0.1) is 0 Å². The summed E-state index contributed by atoms with van der Waals surface area (Å²) in [5.41, 5.74) is 0.635. The van der Waals surface area contributed by atoms with Gasteiger partial charge in [0.25, 0.3) is 0 Å². The first-order valence-corrected chi connectivity index (χ1v) is 14.8. The summed E-state index contributed by atoms with van der Waals surface area (Å²) in [5, 5.41) is 15.8. The third-order valence-electron chi connectivity index (χ3n) is 7.71. The summed E-state index contributed by atoms with van der Waals surface area (Å²) >= 11 is 12.5. The molecule has 0 aromatic heterocycles. The maximum Gasteiger partial charge on any atom is 0.245 e. The van der Waals surface area contributed by atoms with Crippen molar-refractivity contribution in [2.45, 2.75) is 58.2 Å². The number of halogens is 3. The first-order valence-electron chi connectivity index (χ1n) is 14.1. The van der Waals surface area contributed by atoms with Crippen LogP contribution in [-0.4, -0.2) is 72.0 Å². The number of likely N-dealkylation sites (tertiary alicyclic amines) is 1. The SMILES string of the molecule is CCNC(O)(CC(C)C)c1cc(F)ccc1N1CCN(C(=O)C(Cc2ccc(Cl)cc2Cl)N2CCCC2=O)CC1. The Morgan fingerprint density at radius 3 is 2.42 bits per heavy atom. The molecular weight excluding hydrogens is 554 g/mol. The van der Waals surface area contributed by atoms with E-state index in [-0.39, 0.29) is 17.7 Å². The third kappa shape index (κ3) is 6.90. The number of aliphatic hydroxyl groups is 1. The molecule has 0 saturated carbocycles. The van der Waals surface area contributed by atoms with Gasteiger partial charge in [0.15, 0.2) is 0 Å². The zero-order chi connectivity index (χ0) is 29.0. The second-order valence-corrected chi connectivity index (χ2v) is 12.0. The van der Waals surface area contributed by atoms with Crippen LogP contribution in [0.1, 0.15) is 51.2 Å². The molecule has 0 spiro atoms. The molecule has 2 aliphatic rings. The van der Waals surface area contributed by atoms with Gasteiger partial charge >= 0.3 is 0 Å². The van der Waals surface area contributed by atoms with Gasteiger partial charge < -0.3 is 19.8 Å². The molecule has 40 heavy (non-hydrogen) atoms. The van der Waals surface area contributed by atoms with Gasteiger partial charge in [-0.3, -0.25) is 14.9 Å². The summed E-state index contributed by atoms with van der Waals surface area (Å²) in [4.78, 5) is 32.1. The highest BCUT2D eigenvalue weighted by molar-refractivity contribution is 6.35. The number of benzene rings is 2. The van der Waals surface area contributed by atoms with Gasteiger partial charge in [0.1, 0.15) is 17.6 Å². The summed E-state index contributed by atoms with van der Waals surface area (Å²) in [5.74, 6) is -0.365. The molecule has 0 bridgehead atoms. The van der Waals surface area contributed by atoms with Gasteiger partial charge in [-0.1, -0.05) is 50.0 Å². The molecule has 2 fully saturated rings. The second kappa shape index (κ2) is 13.1. The molecule has 218 valence electrons. The average molecular weight is 594 g/mol. The second-order valence-electron chi connectivity index (χ2n) is 11.1. The molecule has 4 rings (SSSR count). The zero-order valence-electron chi connectivity index (χ0n) is 23.4. The number of piperazine rings is 1. The van der Waals surface area contributed by atoms with Crippen molar-refractivity contribution in [3.8, 4) is 0 Å². The van der Waals surface area contributed by atoms with Crippen LogP contribution in [0, 0.1) is 11.7 Å². The Kier molecular flexibility index (Phi) is 9.98. The number of carbonyl (C=O) groups excluding carboxylic acids is 2. The van der Waals surface area contributed by atoms with Crippen molar-refractivity contribution in [3.63, 3.8) is 0 Å². The van der Waals surface area contributed by atoms with Crippen molar-refractivity contribution in [1.82, 2.24) is 15.1 Å². The summed E-state index contributed by atoms with van der Waals surface area (Å²) in [7, 11) is 0. The first-order chi connectivity index (χ1) is 19.0. The van der Waals surface area contributed by atoms with Gasteiger partial charge in [-0.25, -0.2) is 4.39 Å². The van der Waals surface area contributed by atoms with Crippen molar-refractivity contribution in [3.05, 3.63) is 63.4 Å². The lowest BCUT2D eigenvalue weighted by atomic mass is 9.91. The maximum atomic E-state index is 14.4. The van der Waals surface area contributed by atoms with Gasteiger partial charge in [-0.2, -0.15) is 0 Å². The quantitative estimate of drug-likeness (QED) is 0.387. The Bertz CT molecular complexity index is 1220. The fourth-order valence-corrected chi connectivity index (χ4v) is 6.36. The van der Waals surface area contributed by atoms with Gasteiger partial charge in [0.05, 0.1) is 0 Å². The van der Waals surface area contributed by atoms with Crippen LogP contribution >= 0.6 is 23.2 Å². The van der Waals surface area contributed by atoms with Crippen molar-refractivity contribution in [2.75, 3.05) is 44.2 Å². The number of carbonyl (C=O) groups is 2. The van der Waals surface area contributed by atoms with Gasteiger partial charge in [0, 0.05) is 66.9 Å². The predicted octanol–water partition coefficient (Wildman–Crippen LogP) is 4.82. The molecule has 2 aromatic rings. The summed E-state index contributed by atoms with van der Waals surface area (Å²) < 4.78 is 14.4.